The Hall–Kier alpha value is 0.180. The lowest BCUT2D eigenvalue weighted by Crippen LogP contribution is -1.44. The molecule has 0 aliphatic carbocycles. The van der Waals surface area contributed by atoms with E-state index in [0.29, 0.717) is 0 Å². The zero-order valence-corrected chi connectivity index (χ0v) is 6.27. The van der Waals surface area contributed by atoms with E-state index in [-0.39, 0.29) is 0 Å². The number of aryl methyl sites for hydroxylation is 1. The molecular formula is C5H4BrS. The van der Waals surface area contributed by atoms with Gasteiger partial charge in [0.1, 0.15) is 0 Å². The highest BCUT2D eigenvalue weighted by atomic mass is 79.9. The van der Waals surface area contributed by atoms with Gasteiger partial charge in [-0.15, -0.1) is 11.3 Å². The summed E-state index contributed by atoms with van der Waals surface area (Å²) in [4.78, 5) is 1.23. The average molecular weight is 176 g/mol. The number of thiophene rings is 1. The molecular weight excluding hydrogens is 172 g/mol. The fraction of sp³-hybridized carbons (Fsp3) is 0.200. The molecule has 0 saturated carbocycles. The summed E-state index contributed by atoms with van der Waals surface area (Å²) < 4.78 is 1.16. The van der Waals surface area contributed by atoms with Crippen LogP contribution in [0.1, 0.15) is 4.88 Å². The van der Waals surface area contributed by atoms with E-state index in [4.69, 9.17) is 0 Å². The Bertz CT molecular complexity index is 140. The molecule has 0 aliphatic heterocycles. The highest BCUT2D eigenvalue weighted by Gasteiger charge is 1.87. The van der Waals surface area contributed by atoms with Gasteiger partial charge in [0, 0.05) is 4.88 Å². The molecule has 0 aromatic carbocycles. The van der Waals surface area contributed by atoms with Crippen molar-refractivity contribution < 1.29 is 0 Å². The molecule has 0 aliphatic rings. The first-order valence-corrected chi connectivity index (χ1v) is 3.53. The maximum absolute atomic E-state index is 3.32. The molecule has 7 heavy (non-hydrogen) atoms. The smallest absolute Gasteiger partial charge is 0.0707 e. The highest BCUT2D eigenvalue weighted by molar-refractivity contribution is 9.11. The van der Waals surface area contributed by atoms with E-state index < -0.39 is 0 Å². The second kappa shape index (κ2) is 1.97. The fourth-order valence-electron chi connectivity index (χ4n) is 0.364. The molecule has 0 N–H and O–H groups in total. The molecule has 37 valence electrons. The largest absolute Gasteiger partial charge is 0.133 e. The lowest BCUT2D eigenvalue weighted by Gasteiger charge is -1.69. The summed E-state index contributed by atoms with van der Waals surface area (Å²) in [6, 6.07) is 4.97. The minimum atomic E-state index is 1.16. The molecule has 0 saturated heterocycles. The van der Waals surface area contributed by atoms with Gasteiger partial charge >= 0.3 is 0 Å². The van der Waals surface area contributed by atoms with Gasteiger partial charge in [0.2, 0.25) is 0 Å². The van der Waals surface area contributed by atoms with Gasteiger partial charge in [-0.2, -0.15) is 0 Å². The van der Waals surface area contributed by atoms with Crippen LogP contribution < -0.4 is 0 Å². The van der Waals surface area contributed by atoms with E-state index in [1.165, 1.54) is 4.88 Å². The molecule has 0 fully saturated rings. The number of hydrogen-bond acceptors (Lipinski definition) is 1. The van der Waals surface area contributed by atoms with Gasteiger partial charge in [0.05, 0.1) is 3.79 Å². The minimum absolute atomic E-state index is 1.16. The third-order valence-corrected chi connectivity index (χ3v) is 2.09. The van der Waals surface area contributed by atoms with Crippen LogP contribution in [-0.2, 0) is 0 Å². The lowest BCUT2D eigenvalue weighted by atomic mass is 10.5. The van der Waals surface area contributed by atoms with Gasteiger partial charge in [-0.1, -0.05) is 0 Å². The fourth-order valence-corrected chi connectivity index (χ4v) is 1.73. The summed E-state index contributed by atoms with van der Waals surface area (Å²) in [5.41, 5.74) is 0. The summed E-state index contributed by atoms with van der Waals surface area (Å²) in [6.45, 7) is 2.04. The van der Waals surface area contributed by atoms with E-state index in [1.54, 1.807) is 11.3 Å². The zero-order chi connectivity index (χ0) is 5.28. The quantitative estimate of drug-likeness (QED) is 0.569. The van der Waals surface area contributed by atoms with Crippen LogP contribution in [0.4, 0.5) is 0 Å². The molecule has 0 bridgehead atoms. The van der Waals surface area contributed by atoms with E-state index in [1.807, 2.05) is 13.0 Å². The van der Waals surface area contributed by atoms with Crippen molar-refractivity contribution in [3.63, 3.8) is 0 Å². The van der Waals surface area contributed by atoms with Crippen molar-refractivity contribution in [1.82, 2.24) is 0 Å². The molecule has 1 radical (unpaired) electrons. The second-order valence-corrected chi connectivity index (χ2v) is 3.89. The maximum Gasteiger partial charge on any atom is 0.0707 e. The second-order valence-electron chi connectivity index (χ2n) is 1.25. The molecule has 1 aromatic rings. The highest BCUT2D eigenvalue weighted by Crippen LogP contribution is 2.19. The normalized spacial score (nSPS) is 9.43. The monoisotopic (exact) mass is 175 g/mol. The summed E-state index contributed by atoms with van der Waals surface area (Å²) in [6.07, 6.45) is 0. The van der Waals surface area contributed by atoms with Crippen molar-refractivity contribution in [2.75, 3.05) is 0 Å². The first kappa shape index (κ1) is 5.32. The number of rotatable bonds is 0. The van der Waals surface area contributed by atoms with Crippen molar-refractivity contribution in [3.8, 4) is 0 Å². The SMILES string of the molecule is Cc1[c]cc(Br)s1. The summed E-state index contributed by atoms with van der Waals surface area (Å²) in [5.74, 6) is 0. The van der Waals surface area contributed by atoms with Gasteiger partial charge in [-0.3, -0.25) is 0 Å². The Morgan fingerprint density at radius 2 is 2.57 bits per heavy atom. The molecule has 0 spiro atoms. The maximum atomic E-state index is 3.32. The third-order valence-electron chi connectivity index (χ3n) is 0.640. The average Bonchev–Trinajstić information content (AvgIpc) is 1.87. The molecule has 0 atom stereocenters. The van der Waals surface area contributed by atoms with E-state index in [2.05, 4.69) is 22.0 Å². The van der Waals surface area contributed by atoms with Crippen LogP contribution in [0.15, 0.2) is 9.85 Å². The van der Waals surface area contributed by atoms with Crippen LogP contribution >= 0.6 is 27.3 Å². The van der Waals surface area contributed by atoms with Crippen LogP contribution in [0, 0.1) is 13.0 Å². The zero-order valence-electron chi connectivity index (χ0n) is 3.86. The Morgan fingerprint density at radius 3 is 2.71 bits per heavy atom. The molecule has 0 nitrogen and oxygen atoms in total. The van der Waals surface area contributed by atoms with Gasteiger partial charge < -0.3 is 0 Å². The van der Waals surface area contributed by atoms with E-state index in [9.17, 15) is 0 Å². The lowest BCUT2D eigenvalue weighted by molar-refractivity contribution is 1.63. The summed E-state index contributed by atoms with van der Waals surface area (Å²) >= 11 is 5.02. The third kappa shape index (κ3) is 1.28. The van der Waals surface area contributed by atoms with Crippen LogP contribution in [0.5, 0.6) is 0 Å². The first-order chi connectivity index (χ1) is 3.29. The Balaban J connectivity index is 3.04. The predicted octanol–water partition coefficient (Wildman–Crippen LogP) is 2.62. The molecule has 1 aromatic heterocycles. The van der Waals surface area contributed by atoms with Gasteiger partial charge in [0.25, 0.3) is 0 Å². The molecule has 0 amide bonds. The topological polar surface area (TPSA) is 0 Å². The standard InChI is InChI=1S/C5H4BrS/c1-4-2-3-5(6)7-4/h3H,1H3. The van der Waals surface area contributed by atoms with Crippen molar-refractivity contribution >= 4 is 27.3 Å². The predicted molar refractivity (Wildman–Crippen MR) is 35.6 cm³/mol. The van der Waals surface area contributed by atoms with Crippen LogP contribution in [0.25, 0.3) is 0 Å². The van der Waals surface area contributed by atoms with Crippen molar-refractivity contribution in [1.29, 1.82) is 0 Å². The summed E-state index contributed by atoms with van der Waals surface area (Å²) in [5, 5.41) is 0. The van der Waals surface area contributed by atoms with Crippen LogP contribution in [0.3, 0.4) is 0 Å². The number of hydrogen-bond donors (Lipinski definition) is 0. The van der Waals surface area contributed by atoms with Crippen molar-refractivity contribution in [2.24, 2.45) is 0 Å². The van der Waals surface area contributed by atoms with Crippen LogP contribution in [0.2, 0.25) is 0 Å². The Kier molecular flexibility index (Phi) is 1.50. The molecule has 1 heterocycles. The van der Waals surface area contributed by atoms with Gasteiger partial charge in [0.15, 0.2) is 0 Å². The minimum Gasteiger partial charge on any atom is -0.133 e. The summed E-state index contributed by atoms with van der Waals surface area (Å²) in [7, 11) is 0. The molecule has 1 rings (SSSR count). The molecule has 0 unspecified atom stereocenters. The molecule has 2 heteroatoms. The first-order valence-electron chi connectivity index (χ1n) is 1.92. The Morgan fingerprint density at radius 1 is 1.86 bits per heavy atom. The van der Waals surface area contributed by atoms with Gasteiger partial charge in [-0.25, -0.2) is 0 Å². The van der Waals surface area contributed by atoms with Crippen LogP contribution in [-0.4, -0.2) is 0 Å². The van der Waals surface area contributed by atoms with Crippen molar-refractivity contribution in [3.05, 3.63) is 20.8 Å². The number of halogens is 1. The van der Waals surface area contributed by atoms with E-state index >= 15 is 0 Å². The van der Waals surface area contributed by atoms with Crippen molar-refractivity contribution in [2.45, 2.75) is 6.92 Å². The Labute approximate surface area is 55.3 Å². The van der Waals surface area contributed by atoms with E-state index in [0.717, 1.165) is 3.79 Å². The van der Waals surface area contributed by atoms with Gasteiger partial charge in [-0.05, 0) is 35.0 Å².